The van der Waals surface area contributed by atoms with Gasteiger partial charge in [-0.3, -0.25) is 9.59 Å². The zero-order chi connectivity index (χ0) is 13.6. The highest BCUT2D eigenvalue weighted by atomic mass is 32.2. The molecule has 5 heteroatoms. The maximum absolute atomic E-state index is 12.2. The van der Waals surface area contributed by atoms with Gasteiger partial charge in [-0.1, -0.05) is 6.42 Å². The summed E-state index contributed by atoms with van der Waals surface area (Å²) in [5, 5.41) is 2.78. The number of hydrogen-bond acceptors (Lipinski definition) is 3. The Kier molecular flexibility index (Phi) is 5.99. The summed E-state index contributed by atoms with van der Waals surface area (Å²) in [6.07, 6.45) is 5.89. The van der Waals surface area contributed by atoms with Gasteiger partial charge in [0.2, 0.25) is 11.8 Å². The highest BCUT2D eigenvalue weighted by Gasteiger charge is 2.35. The standard InChI is InChI=1S/C13H24N2O2S/c1-13(2)12(17)15(9-7-11(16)14-13)8-5-4-6-10-18-3/h4-10H2,1-3H3,(H,14,16). The molecule has 2 amide bonds. The third-order valence-corrected chi connectivity index (χ3v) is 3.86. The number of nitrogens with zero attached hydrogens (tertiary/aromatic N) is 1. The molecule has 1 rings (SSSR count). The third-order valence-electron chi connectivity index (χ3n) is 3.16. The maximum Gasteiger partial charge on any atom is 0.247 e. The van der Waals surface area contributed by atoms with Gasteiger partial charge in [-0.15, -0.1) is 0 Å². The van der Waals surface area contributed by atoms with E-state index in [9.17, 15) is 9.59 Å². The minimum atomic E-state index is -0.757. The van der Waals surface area contributed by atoms with E-state index in [0.717, 1.165) is 19.4 Å². The van der Waals surface area contributed by atoms with Crippen molar-refractivity contribution in [3.05, 3.63) is 0 Å². The lowest BCUT2D eigenvalue weighted by molar-refractivity contribution is -0.137. The van der Waals surface area contributed by atoms with Crippen molar-refractivity contribution in [1.29, 1.82) is 0 Å². The molecule has 104 valence electrons. The number of hydrogen-bond donors (Lipinski definition) is 1. The molecule has 1 aliphatic heterocycles. The summed E-state index contributed by atoms with van der Waals surface area (Å²) < 4.78 is 0. The number of carbonyl (C=O) groups excluding carboxylic acids is 2. The molecule has 0 aromatic heterocycles. The monoisotopic (exact) mass is 272 g/mol. The van der Waals surface area contributed by atoms with Gasteiger partial charge in [-0.05, 0) is 38.7 Å². The van der Waals surface area contributed by atoms with Crippen molar-refractivity contribution >= 4 is 23.6 Å². The van der Waals surface area contributed by atoms with Crippen molar-refractivity contribution in [1.82, 2.24) is 10.2 Å². The van der Waals surface area contributed by atoms with Gasteiger partial charge in [0.15, 0.2) is 0 Å². The van der Waals surface area contributed by atoms with Crippen LogP contribution in [0.4, 0.5) is 0 Å². The smallest absolute Gasteiger partial charge is 0.247 e. The fourth-order valence-corrected chi connectivity index (χ4v) is 2.63. The summed E-state index contributed by atoms with van der Waals surface area (Å²) in [6.45, 7) is 4.88. The number of unbranched alkanes of at least 4 members (excludes halogenated alkanes) is 2. The molecule has 0 saturated carbocycles. The van der Waals surface area contributed by atoms with Gasteiger partial charge in [0, 0.05) is 19.5 Å². The second kappa shape index (κ2) is 7.02. The Labute approximate surface area is 114 Å². The fourth-order valence-electron chi connectivity index (χ4n) is 2.14. The summed E-state index contributed by atoms with van der Waals surface area (Å²) in [7, 11) is 0. The summed E-state index contributed by atoms with van der Waals surface area (Å²) >= 11 is 1.86. The number of rotatable bonds is 6. The van der Waals surface area contributed by atoms with E-state index in [0.29, 0.717) is 13.0 Å². The SMILES string of the molecule is CSCCCCCN1CCC(=O)NC(C)(C)C1=O. The molecular formula is C13H24N2O2S. The molecule has 0 spiro atoms. The molecule has 1 saturated heterocycles. The number of nitrogens with one attached hydrogen (secondary N) is 1. The Hall–Kier alpha value is -0.710. The van der Waals surface area contributed by atoms with Crippen LogP contribution in [0.1, 0.15) is 39.5 Å². The van der Waals surface area contributed by atoms with Crippen molar-refractivity contribution in [3.8, 4) is 0 Å². The van der Waals surface area contributed by atoms with Crippen LogP contribution in [-0.4, -0.2) is 47.4 Å². The highest BCUT2D eigenvalue weighted by Crippen LogP contribution is 2.14. The van der Waals surface area contributed by atoms with Gasteiger partial charge in [0.05, 0.1) is 0 Å². The zero-order valence-corrected chi connectivity index (χ0v) is 12.4. The normalized spacial score (nSPS) is 19.6. The number of thioether (sulfide) groups is 1. The largest absolute Gasteiger partial charge is 0.342 e. The van der Waals surface area contributed by atoms with Gasteiger partial charge in [0.25, 0.3) is 0 Å². The maximum atomic E-state index is 12.2. The highest BCUT2D eigenvalue weighted by molar-refractivity contribution is 7.98. The van der Waals surface area contributed by atoms with E-state index in [1.165, 1.54) is 12.2 Å². The van der Waals surface area contributed by atoms with Crippen molar-refractivity contribution in [2.24, 2.45) is 0 Å². The van der Waals surface area contributed by atoms with Crippen LogP contribution in [0.5, 0.6) is 0 Å². The van der Waals surface area contributed by atoms with E-state index in [1.807, 2.05) is 16.7 Å². The molecule has 0 aliphatic carbocycles. The van der Waals surface area contributed by atoms with Crippen LogP contribution < -0.4 is 5.32 Å². The lowest BCUT2D eigenvalue weighted by Crippen LogP contribution is -2.52. The molecule has 0 atom stereocenters. The first-order valence-corrected chi connectivity index (χ1v) is 7.96. The Morgan fingerprint density at radius 3 is 2.67 bits per heavy atom. The Morgan fingerprint density at radius 1 is 1.28 bits per heavy atom. The molecule has 0 aromatic rings. The van der Waals surface area contributed by atoms with Crippen LogP contribution in [-0.2, 0) is 9.59 Å². The Morgan fingerprint density at radius 2 is 2.00 bits per heavy atom. The summed E-state index contributed by atoms with van der Waals surface area (Å²) in [4.78, 5) is 25.6. The molecule has 0 radical (unpaired) electrons. The Bertz CT molecular complexity index is 305. The quantitative estimate of drug-likeness (QED) is 0.748. The molecule has 0 unspecified atom stereocenters. The van der Waals surface area contributed by atoms with E-state index in [1.54, 1.807) is 13.8 Å². The summed E-state index contributed by atoms with van der Waals surface area (Å²) in [5.41, 5.74) is -0.757. The molecule has 4 nitrogen and oxygen atoms in total. The first-order valence-electron chi connectivity index (χ1n) is 6.56. The van der Waals surface area contributed by atoms with Gasteiger partial charge >= 0.3 is 0 Å². The van der Waals surface area contributed by atoms with Crippen LogP contribution in [0.15, 0.2) is 0 Å². The minimum absolute atomic E-state index is 0.0294. The van der Waals surface area contributed by atoms with Gasteiger partial charge in [0.1, 0.15) is 5.54 Å². The first-order chi connectivity index (χ1) is 8.47. The predicted octanol–water partition coefficient (Wildman–Crippen LogP) is 1.65. The van der Waals surface area contributed by atoms with E-state index < -0.39 is 5.54 Å². The number of amides is 2. The van der Waals surface area contributed by atoms with E-state index in [-0.39, 0.29) is 11.8 Å². The van der Waals surface area contributed by atoms with E-state index in [4.69, 9.17) is 0 Å². The minimum Gasteiger partial charge on any atom is -0.342 e. The average Bonchev–Trinajstić information content (AvgIpc) is 2.39. The molecule has 0 aromatic carbocycles. The molecule has 1 aliphatic rings. The van der Waals surface area contributed by atoms with Crippen molar-refractivity contribution in [2.45, 2.75) is 45.1 Å². The summed E-state index contributed by atoms with van der Waals surface area (Å²) in [6, 6.07) is 0. The molecular weight excluding hydrogens is 248 g/mol. The fraction of sp³-hybridized carbons (Fsp3) is 0.846. The molecule has 1 heterocycles. The van der Waals surface area contributed by atoms with Crippen LogP contribution in [0.3, 0.4) is 0 Å². The van der Waals surface area contributed by atoms with Crippen LogP contribution in [0.25, 0.3) is 0 Å². The van der Waals surface area contributed by atoms with E-state index in [2.05, 4.69) is 11.6 Å². The Balaban J connectivity index is 2.43. The van der Waals surface area contributed by atoms with Crippen molar-refractivity contribution in [2.75, 3.05) is 25.1 Å². The second-order valence-electron chi connectivity index (χ2n) is 5.27. The molecule has 0 bridgehead atoms. The zero-order valence-electron chi connectivity index (χ0n) is 11.6. The van der Waals surface area contributed by atoms with Crippen LogP contribution >= 0.6 is 11.8 Å². The van der Waals surface area contributed by atoms with Crippen molar-refractivity contribution in [3.63, 3.8) is 0 Å². The average molecular weight is 272 g/mol. The van der Waals surface area contributed by atoms with Crippen molar-refractivity contribution < 1.29 is 9.59 Å². The lowest BCUT2D eigenvalue weighted by Gasteiger charge is -2.28. The molecule has 1 fully saturated rings. The number of carbonyl (C=O) groups is 2. The van der Waals surface area contributed by atoms with Crippen LogP contribution in [0.2, 0.25) is 0 Å². The molecule has 18 heavy (non-hydrogen) atoms. The van der Waals surface area contributed by atoms with Gasteiger partial charge in [-0.2, -0.15) is 11.8 Å². The topological polar surface area (TPSA) is 49.4 Å². The molecule has 1 N–H and O–H groups in total. The van der Waals surface area contributed by atoms with Gasteiger partial charge in [-0.25, -0.2) is 0 Å². The first kappa shape index (κ1) is 15.3. The van der Waals surface area contributed by atoms with Crippen LogP contribution in [0, 0.1) is 0 Å². The summed E-state index contributed by atoms with van der Waals surface area (Å²) in [5.74, 6) is 1.19. The van der Waals surface area contributed by atoms with E-state index >= 15 is 0 Å². The van der Waals surface area contributed by atoms with Gasteiger partial charge < -0.3 is 10.2 Å². The predicted molar refractivity (Wildman–Crippen MR) is 75.7 cm³/mol. The third kappa shape index (κ3) is 4.52. The lowest BCUT2D eigenvalue weighted by atomic mass is 10.0. The second-order valence-corrected chi connectivity index (χ2v) is 6.25.